The van der Waals surface area contributed by atoms with Gasteiger partial charge in [-0.15, -0.1) is 11.3 Å². The smallest absolute Gasteiger partial charge is 0.238 e. The lowest BCUT2D eigenvalue weighted by Crippen LogP contribution is -2.46. The Labute approximate surface area is 162 Å². The van der Waals surface area contributed by atoms with Crippen LogP contribution >= 0.6 is 11.3 Å². The van der Waals surface area contributed by atoms with Crippen LogP contribution in [0, 0.1) is 11.7 Å². The van der Waals surface area contributed by atoms with Gasteiger partial charge in [0.1, 0.15) is 11.9 Å². The molecule has 3 N–H and O–H groups in total. The molecule has 1 amide bonds. The average Bonchev–Trinajstić information content (AvgIpc) is 3.39. The second kappa shape index (κ2) is 8.33. The number of nitrogens with one attached hydrogen (secondary N) is 3. The monoisotopic (exact) mass is 389 g/mol. The molecule has 1 aromatic heterocycles. The Hall–Kier alpha value is -2.03. The predicted molar refractivity (Wildman–Crippen MR) is 104 cm³/mol. The van der Waals surface area contributed by atoms with Crippen LogP contribution in [0.3, 0.4) is 0 Å². The van der Waals surface area contributed by atoms with E-state index in [-0.39, 0.29) is 23.8 Å². The number of rotatable bonds is 5. The third kappa shape index (κ3) is 4.45. The molecule has 4 rings (SSSR count). The Morgan fingerprint density at radius 1 is 1.33 bits per heavy atom. The number of nitrogens with zero attached hydrogens (tertiary/aromatic N) is 2. The van der Waals surface area contributed by atoms with Crippen molar-refractivity contribution in [2.24, 2.45) is 5.92 Å². The summed E-state index contributed by atoms with van der Waals surface area (Å²) in [5.41, 5.74) is 7.18. The zero-order chi connectivity index (χ0) is 18.6. The van der Waals surface area contributed by atoms with E-state index in [0.717, 1.165) is 36.6 Å². The Bertz CT molecular complexity index is 754. The third-order valence-corrected chi connectivity index (χ3v) is 6.10. The fourth-order valence-corrected chi connectivity index (χ4v) is 4.47. The maximum atomic E-state index is 13.1. The van der Waals surface area contributed by atoms with Gasteiger partial charge in [-0.25, -0.2) is 20.2 Å². The first-order valence-corrected chi connectivity index (χ1v) is 10.3. The summed E-state index contributed by atoms with van der Waals surface area (Å²) in [6.07, 6.45) is 4.72. The molecule has 0 aliphatic carbocycles. The van der Waals surface area contributed by atoms with Gasteiger partial charge < -0.3 is 10.2 Å². The minimum atomic E-state index is -0.279. The number of hydrogen-bond donors (Lipinski definition) is 3. The van der Waals surface area contributed by atoms with Gasteiger partial charge in [-0.05, 0) is 42.9 Å². The number of benzene rings is 1. The maximum absolute atomic E-state index is 13.1. The molecule has 3 atom stereocenters. The highest BCUT2D eigenvalue weighted by molar-refractivity contribution is 7.13. The molecule has 27 heavy (non-hydrogen) atoms. The van der Waals surface area contributed by atoms with E-state index in [9.17, 15) is 9.18 Å². The van der Waals surface area contributed by atoms with Gasteiger partial charge >= 0.3 is 0 Å². The highest BCUT2D eigenvalue weighted by Crippen LogP contribution is 2.25. The lowest BCUT2D eigenvalue weighted by atomic mass is 9.98. The summed E-state index contributed by atoms with van der Waals surface area (Å²) in [6, 6.07) is 6.13. The van der Waals surface area contributed by atoms with Crippen molar-refractivity contribution >= 4 is 22.4 Å². The number of aromatic nitrogens is 1. The van der Waals surface area contributed by atoms with E-state index in [0.29, 0.717) is 18.9 Å². The topological polar surface area (TPSA) is 69.3 Å². The van der Waals surface area contributed by atoms with E-state index in [4.69, 9.17) is 0 Å². The molecule has 2 aliphatic rings. The van der Waals surface area contributed by atoms with Crippen LogP contribution in [0.25, 0.3) is 0 Å². The number of hydrogen-bond acceptors (Lipinski definition) is 6. The van der Waals surface area contributed by atoms with Crippen molar-refractivity contribution in [2.75, 3.05) is 24.5 Å². The SMILES string of the molecule is O=C(NCC1CCCN(c2nccs2)C1)C1CC(c2ccc(F)cc2)NN1. The molecular formula is C19H24FN5OS. The number of anilines is 1. The molecule has 8 heteroatoms. The Morgan fingerprint density at radius 2 is 2.19 bits per heavy atom. The van der Waals surface area contributed by atoms with Gasteiger partial charge in [0, 0.05) is 37.3 Å². The van der Waals surface area contributed by atoms with Crippen molar-refractivity contribution in [3.8, 4) is 0 Å². The van der Waals surface area contributed by atoms with Crippen molar-refractivity contribution in [3.05, 3.63) is 47.2 Å². The summed E-state index contributed by atoms with van der Waals surface area (Å²) in [6.45, 7) is 2.65. The maximum Gasteiger partial charge on any atom is 0.238 e. The highest BCUT2D eigenvalue weighted by Gasteiger charge is 2.30. The van der Waals surface area contributed by atoms with Crippen molar-refractivity contribution in [1.29, 1.82) is 0 Å². The lowest BCUT2D eigenvalue weighted by molar-refractivity contribution is -0.123. The molecule has 0 saturated carbocycles. The molecule has 144 valence electrons. The van der Waals surface area contributed by atoms with Gasteiger partial charge in [0.25, 0.3) is 0 Å². The Kier molecular flexibility index (Phi) is 5.66. The largest absolute Gasteiger partial charge is 0.354 e. The molecule has 0 spiro atoms. The van der Waals surface area contributed by atoms with Gasteiger partial charge in [-0.1, -0.05) is 12.1 Å². The van der Waals surface area contributed by atoms with Crippen LogP contribution in [0.2, 0.25) is 0 Å². The van der Waals surface area contributed by atoms with Crippen molar-refractivity contribution in [3.63, 3.8) is 0 Å². The zero-order valence-corrected chi connectivity index (χ0v) is 15.8. The first kappa shape index (κ1) is 18.3. The van der Waals surface area contributed by atoms with Crippen LogP contribution in [-0.4, -0.2) is 36.6 Å². The molecule has 2 aliphatic heterocycles. The quantitative estimate of drug-likeness (QED) is 0.732. The van der Waals surface area contributed by atoms with Gasteiger partial charge in [0.15, 0.2) is 5.13 Å². The summed E-state index contributed by atoms with van der Waals surface area (Å²) < 4.78 is 13.1. The van der Waals surface area contributed by atoms with Gasteiger partial charge in [0.05, 0.1) is 0 Å². The minimum Gasteiger partial charge on any atom is -0.354 e. The summed E-state index contributed by atoms with van der Waals surface area (Å²) in [7, 11) is 0. The fraction of sp³-hybridized carbons (Fsp3) is 0.474. The third-order valence-electron chi connectivity index (χ3n) is 5.27. The van der Waals surface area contributed by atoms with Crippen LogP contribution < -0.4 is 21.1 Å². The van der Waals surface area contributed by atoms with E-state index in [1.165, 1.54) is 12.1 Å². The molecule has 2 fully saturated rings. The molecule has 1 aromatic carbocycles. The molecule has 0 radical (unpaired) electrons. The van der Waals surface area contributed by atoms with E-state index in [1.54, 1.807) is 23.5 Å². The first-order chi connectivity index (χ1) is 13.2. The van der Waals surface area contributed by atoms with Crippen LogP contribution in [0.1, 0.15) is 30.9 Å². The summed E-state index contributed by atoms with van der Waals surface area (Å²) in [4.78, 5) is 19.2. The number of carbonyl (C=O) groups is 1. The number of hydrazine groups is 1. The van der Waals surface area contributed by atoms with Crippen molar-refractivity contribution in [2.45, 2.75) is 31.3 Å². The standard InChI is InChI=1S/C19H24FN5OS/c20-15-5-3-14(4-6-15)16-10-17(24-23-16)18(26)22-11-13-2-1-8-25(12-13)19-21-7-9-27-19/h3-7,9,13,16-17,23-24H,1-2,8,10-12H2,(H,22,26). The van der Waals surface area contributed by atoms with Crippen LogP contribution in [0.5, 0.6) is 0 Å². The second-order valence-corrected chi connectivity index (χ2v) is 8.07. The normalized spacial score (nSPS) is 25.5. The average molecular weight is 390 g/mol. The van der Waals surface area contributed by atoms with E-state index < -0.39 is 0 Å². The van der Waals surface area contributed by atoms with Crippen LogP contribution in [0.4, 0.5) is 9.52 Å². The first-order valence-electron chi connectivity index (χ1n) is 9.37. The number of halogens is 1. The van der Waals surface area contributed by atoms with Gasteiger partial charge in [-0.3, -0.25) is 4.79 Å². The van der Waals surface area contributed by atoms with E-state index >= 15 is 0 Å². The van der Waals surface area contributed by atoms with Crippen LogP contribution in [0.15, 0.2) is 35.8 Å². The molecule has 2 saturated heterocycles. The molecule has 2 aromatic rings. The summed E-state index contributed by atoms with van der Waals surface area (Å²) in [5.74, 6) is 0.200. The van der Waals surface area contributed by atoms with Crippen LogP contribution in [-0.2, 0) is 4.79 Å². The van der Waals surface area contributed by atoms with Crippen molar-refractivity contribution < 1.29 is 9.18 Å². The zero-order valence-electron chi connectivity index (χ0n) is 15.0. The predicted octanol–water partition coefficient (Wildman–Crippen LogP) is 2.22. The van der Waals surface area contributed by atoms with E-state index in [1.807, 2.05) is 11.6 Å². The molecule has 3 heterocycles. The minimum absolute atomic E-state index is 0.0106. The number of thiazole rings is 1. The molecule has 3 unspecified atom stereocenters. The Balaban J connectivity index is 1.25. The second-order valence-electron chi connectivity index (χ2n) is 7.20. The summed E-state index contributed by atoms with van der Waals surface area (Å²) >= 11 is 1.66. The van der Waals surface area contributed by atoms with Gasteiger partial charge in [-0.2, -0.15) is 0 Å². The van der Waals surface area contributed by atoms with Crippen molar-refractivity contribution in [1.82, 2.24) is 21.2 Å². The lowest BCUT2D eigenvalue weighted by Gasteiger charge is -2.32. The highest BCUT2D eigenvalue weighted by atomic mass is 32.1. The van der Waals surface area contributed by atoms with Gasteiger partial charge in [0.2, 0.25) is 5.91 Å². The Morgan fingerprint density at radius 3 is 2.96 bits per heavy atom. The fourth-order valence-electron chi connectivity index (χ4n) is 3.79. The number of piperidine rings is 1. The molecular weight excluding hydrogens is 365 g/mol. The number of amides is 1. The molecule has 6 nitrogen and oxygen atoms in total. The van der Waals surface area contributed by atoms with E-state index in [2.05, 4.69) is 26.1 Å². The molecule has 0 bridgehead atoms. The summed E-state index contributed by atoms with van der Waals surface area (Å²) in [5, 5.41) is 6.16. The number of carbonyl (C=O) groups excluding carboxylic acids is 1.